The number of benzene rings is 1. The van der Waals surface area contributed by atoms with E-state index in [0.717, 1.165) is 26.1 Å². The zero-order chi connectivity index (χ0) is 12.3. The van der Waals surface area contributed by atoms with E-state index in [1.807, 2.05) is 4.90 Å². The quantitative estimate of drug-likeness (QED) is 0.835. The topological polar surface area (TPSA) is 32.3 Å². The van der Waals surface area contributed by atoms with Crippen molar-refractivity contribution in [2.75, 3.05) is 19.6 Å². The first-order valence-corrected chi connectivity index (χ1v) is 6.20. The molecule has 0 saturated carbocycles. The predicted octanol–water partition coefficient (Wildman–Crippen LogP) is 1.36. The fraction of sp³-hybridized carbons (Fsp3) is 0.500. The van der Waals surface area contributed by atoms with Gasteiger partial charge in [0.2, 0.25) is 5.91 Å². The summed E-state index contributed by atoms with van der Waals surface area (Å²) in [5, 5.41) is 3.36. The summed E-state index contributed by atoms with van der Waals surface area (Å²) in [7, 11) is 0. The van der Waals surface area contributed by atoms with Gasteiger partial charge in [-0.05, 0) is 18.9 Å². The fourth-order valence-corrected chi connectivity index (χ4v) is 2.47. The Morgan fingerprint density at radius 2 is 2.35 bits per heavy atom. The number of aryl methyl sites for hydroxylation is 1. The summed E-state index contributed by atoms with van der Waals surface area (Å²) >= 11 is 0. The SMILES string of the molecule is CC(=O)N1CCNCC1Cc1cccc(C)c1. The summed E-state index contributed by atoms with van der Waals surface area (Å²) in [6, 6.07) is 8.82. The highest BCUT2D eigenvalue weighted by Gasteiger charge is 2.24. The van der Waals surface area contributed by atoms with Crippen LogP contribution in [0.2, 0.25) is 0 Å². The average Bonchev–Trinajstić information content (AvgIpc) is 2.29. The Morgan fingerprint density at radius 1 is 1.53 bits per heavy atom. The number of carbonyl (C=O) groups is 1. The molecule has 0 radical (unpaired) electrons. The van der Waals surface area contributed by atoms with Crippen LogP contribution in [0.4, 0.5) is 0 Å². The lowest BCUT2D eigenvalue weighted by molar-refractivity contribution is -0.131. The van der Waals surface area contributed by atoms with Gasteiger partial charge in [0.1, 0.15) is 0 Å². The van der Waals surface area contributed by atoms with Crippen molar-refractivity contribution in [1.29, 1.82) is 0 Å². The molecule has 0 spiro atoms. The first-order chi connectivity index (χ1) is 8.16. The van der Waals surface area contributed by atoms with Crippen LogP contribution in [-0.4, -0.2) is 36.5 Å². The Labute approximate surface area is 103 Å². The third-order valence-electron chi connectivity index (χ3n) is 3.31. The minimum Gasteiger partial charge on any atom is -0.337 e. The van der Waals surface area contributed by atoms with E-state index in [9.17, 15) is 4.79 Å². The van der Waals surface area contributed by atoms with Gasteiger partial charge >= 0.3 is 0 Å². The molecule has 3 nitrogen and oxygen atoms in total. The number of rotatable bonds is 2. The first kappa shape index (κ1) is 12.1. The van der Waals surface area contributed by atoms with E-state index in [4.69, 9.17) is 0 Å². The largest absolute Gasteiger partial charge is 0.337 e. The summed E-state index contributed by atoms with van der Waals surface area (Å²) in [6.45, 7) is 6.39. The Hall–Kier alpha value is -1.35. The maximum atomic E-state index is 11.6. The number of nitrogens with one attached hydrogen (secondary N) is 1. The van der Waals surface area contributed by atoms with Gasteiger partial charge in [-0.3, -0.25) is 4.79 Å². The van der Waals surface area contributed by atoms with Crippen LogP contribution in [0.5, 0.6) is 0 Å². The lowest BCUT2D eigenvalue weighted by atomic mass is 10.0. The van der Waals surface area contributed by atoms with Crippen LogP contribution in [0, 0.1) is 6.92 Å². The third kappa shape index (κ3) is 3.07. The zero-order valence-corrected chi connectivity index (χ0v) is 10.6. The van der Waals surface area contributed by atoms with Crippen molar-refractivity contribution < 1.29 is 4.79 Å². The van der Waals surface area contributed by atoms with Gasteiger partial charge < -0.3 is 10.2 Å². The van der Waals surface area contributed by atoms with Crippen LogP contribution in [0.1, 0.15) is 18.1 Å². The maximum absolute atomic E-state index is 11.6. The number of amides is 1. The maximum Gasteiger partial charge on any atom is 0.219 e. The van der Waals surface area contributed by atoms with Crippen molar-refractivity contribution in [3.63, 3.8) is 0 Å². The number of piperazine rings is 1. The average molecular weight is 232 g/mol. The minimum atomic E-state index is 0.184. The van der Waals surface area contributed by atoms with Crippen molar-refractivity contribution in [3.8, 4) is 0 Å². The van der Waals surface area contributed by atoms with Gasteiger partial charge in [-0.2, -0.15) is 0 Å². The van der Waals surface area contributed by atoms with Gasteiger partial charge in [0, 0.05) is 32.6 Å². The van der Waals surface area contributed by atoms with E-state index >= 15 is 0 Å². The Balaban J connectivity index is 2.08. The van der Waals surface area contributed by atoms with Gasteiger partial charge in [-0.1, -0.05) is 29.8 Å². The Bertz CT molecular complexity index is 403. The molecule has 3 heteroatoms. The number of nitrogens with zero attached hydrogens (tertiary/aromatic N) is 1. The van der Waals surface area contributed by atoms with E-state index in [2.05, 4.69) is 36.5 Å². The second kappa shape index (κ2) is 5.32. The molecule has 2 rings (SSSR count). The van der Waals surface area contributed by atoms with Crippen molar-refractivity contribution in [2.45, 2.75) is 26.3 Å². The van der Waals surface area contributed by atoms with Gasteiger partial charge in [0.05, 0.1) is 0 Å². The lowest BCUT2D eigenvalue weighted by Crippen LogP contribution is -2.53. The highest BCUT2D eigenvalue weighted by molar-refractivity contribution is 5.73. The van der Waals surface area contributed by atoms with E-state index in [0.29, 0.717) is 6.04 Å². The number of hydrogen-bond donors (Lipinski definition) is 1. The Kier molecular flexibility index (Phi) is 3.79. The molecule has 1 unspecified atom stereocenters. The van der Waals surface area contributed by atoms with Gasteiger partial charge in [0.25, 0.3) is 0 Å². The van der Waals surface area contributed by atoms with E-state index in [1.54, 1.807) is 6.92 Å². The molecule has 1 N–H and O–H groups in total. The zero-order valence-electron chi connectivity index (χ0n) is 10.6. The summed E-state index contributed by atoms with van der Waals surface area (Å²) in [5.41, 5.74) is 2.59. The molecule has 1 atom stereocenters. The molecule has 92 valence electrons. The van der Waals surface area contributed by atoms with Crippen LogP contribution in [0.15, 0.2) is 24.3 Å². The molecule has 17 heavy (non-hydrogen) atoms. The van der Waals surface area contributed by atoms with Crippen LogP contribution < -0.4 is 5.32 Å². The van der Waals surface area contributed by atoms with Crippen molar-refractivity contribution in [1.82, 2.24) is 10.2 Å². The van der Waals surface area contributed by atoms with Crippen LogP contribution in [0.25, 0.3) is 0 Å². The lowest BCUT2D eigenvalue weighted by Gasteiger charge is -2.35. The van der Waals surface area contributed by atoms with Crippen LogP contribution in [-0.2, 0) is 11.2 Å². The molecule has 1 aromatic rings. The highest BCUT2D eigenvalue weighted by atomic mass is 16.2. The molecule has 1 aliphatic heterocycles. The van der Waals surface area contributed by atoms with E-state index in [-0.39, 0.29) is 5.91 Å². The third-order valence-corrected chi connectivity index (χ3v) is 3.31. The van der Waals surface area contributed by atoms with Crippen molar-refractivity contribution in [3.05, 3.63) is 35.4 Å². The molecular weight excluding hydrogens is 212 g/mol. The second-order valence-corrected chi connectivity index (χ2v) is 4.76. The highest BCUT2D eigenvalue weighted by Crippen LogP contribution is 2.12. The molecule has 1 fully saturated rings. The van der Waals surface area contributed by atoms with Crippen molar-refractivity contribution in [2.24, 2.45) is 0 Å². The standard InChI is InChI=1S/C14H20N2O/c1-11-4-3-5-13(8-11)9-14-10-15-6-7-16(14)12(2)17/h3-5,8,14-15H,6-7,9-10H2,1-2H3. The smallest absolute Gasteiger partial charge is 0.219 e. The van der Waals surface area contributed by atoms with Crippen LogP contribution >= 0.6 is 0 Å². The molecular formula is C14H20N2O. The molecule has 0 bridgehead atoms. The minimum absolute atomic E-state index is 0.184. The summed E-state index contributed by atoms with van der Waals surface area (Å²) in [4.78, 5) is 13.5. The molecule has 1 aromatic carbocycles. The van der Waals surface area contributed by atoms with E-state index in [1.165, 1.54) is 11.1 Å². The van der Waals surface area contributed by atoms with Crippen LogP contribution in [0.3, 0.4) is 0 Å². The van der Waals surface area contributed by atoms with Crippen molar-refractivity contribution >= 4 is 5.91 Å². The van der Waals surface area contributed by atoms with Gasteiger partial charge in [0.15, 0.2) is 0 Å². The monoisotopic (exact) mass is 232 g/mol. The normalized spacial score (nSPS) is 20.4. The van der Waals surface area contributed by atoms with Gasteiger partial charge in [-0.15, -0.1) is 0 Å². The molecule has 1 aliphatic rings. The molecule has 0 aliphatic carbocycles. The molecule has 0 aromatic heterocycles. The van der Waals surface area contributed by atoms with Gasteiger partial charge in [-0.25, -0.2) is 0 Å². The molecule has 1 heterocycles. The fourth-order valence-electron chi connectivity index (χ4n) is 2.47. The molecule has 1 saturated heterocycles. The summed E-state index contributed by atoms with van der Waals surface area (Å²) < 4.78 is 0. The molecule has 1 amide bonds. The summed E-state index contributed by atoms with van der Waals surface area (Å²) in [6.07, 6.45) is 0.939. The first-order valence-electron chi connectivity index (χ1n) is 6.20. The summed E-state index contributed by atoms with van der Waals surface area (Å²) in [5.74, 6) is 0.184. The second-order valence-electron chi connectivity index (χ2n) is 4.76. The Morgan fingerprint density at radius 3 is 3.06 bits per heavy atom. The number of hydrogen-bond acceptors (Lipinski definition) is 2. The van der Waals surface area contributed by atoms with E-state index < -0.39 is 0 Å². The predicted molar refractivity (Wildman–Crippen MR) is 68.9 cm³/mol. The number of carbonyl (C=O) groups excluding carboxylic acids is 1.